The van der Waals surface area contributed by atoms with Crippen LogP contribution in [0.3, 0.4) is 0 Å². The number of hydrogen-bond donors (Lipinski definition) is 3. The van der Waals surface area contributed by atoms with E-state index in [0.717, 1.165) is 0 Å². The molecule has 5 heteroatoms. The van der Waals surface area contributed by atoms with Crippen LogP contribution >= 0.6 is 0 Å². The molecule has 0 aromatic heterocycles. The summed E-state index contributed by atoms with van der Waals surface area (Å²) in [6.07, 6.45) is 3.07. The van der Waals surface area contributed by atoms with Crippen LogP contribution in [0, 0.1) is 6.92 Å². The summed E-state index contributed by atoms with van der Waals surface area (Å²) in [5.41, 5.74) is 2.73. The summed E-state index contributed by atoms with van der Waals surface area (Å²) >= 11 is 0. The summed E-state index contributed by atoms with van der Waals surface area (Å²) in [5, 5.41) is 29.7. The first-order chi connectivity index (χ1) is 12.6. The quantitative estimate of drug-likeness (QED) is 0.603. The summed E-state index contributed by atoms with van der Waals surface area (Å²) in [4.78, 5) is 8.81. The lowest BCUT2D eigenvalue weighted by Crippen LogP contribution is -1.85. The van der Waals surface area contributed by atoms with Crippen LogP contribution in [0.4, 0.5) is 11.4 Å². The molecular weight excluding hydrogens is 328 g/mol. The fraction of sp³-hybridized carbons (Fsp3) is 0.0476. The van der Waals surface area contributed by atoms with E-state index in [9.17, 15) is 15.3 Å². The SMILES string of the molecule is Cc1c(O)ccc(N=Cc2ccccc2O)c1N=Cc1ccccc1O. The Bertz CT molecular complexity index is 994. The van der Waals surface area contributed by atoms with Crippen molar-refractivity contribution >= 4 is 23.8 Å². The number of rotatable bonds is 4. The number of hydrogen-bond acceptors (Lipinski definition) is 5. The van der Waals surface area contributed by atoms with E-state index in [4.69, 9.17) is 0 Å². The molecule has 0 amide bonds. The largest absolute Gasteiger partial charge is 0.508 e. The van der Waals surface area contributed by atoms with Crippen LogP contribution in [0.15, 0.2) is 70.6 Å². The van der Waals surface area contributed by atoms with E-state index in [1.165, 1.54) is 6.21 Å². The zero-order valence-corrected chi connectivity index (χ0v) is 14.2. The van der Waals surface area contributed by atoms with Crippen molar-refractivity contribution in [2.75, 3.05) is 0 Å². The number of nitrogens with zero attached hydrogens (tertiary/aromatic N) is 2. The van der Waals surface area contributed by atoms with Crippen LogP contribution in [0.25, 0.3) is 0 Å². The molecule has 0 aliphatic rings. The van der Waals surface area contributed by atoms with Gasteiger partial charge in [0.05, 0.1) is 11.4 Å². The maximum absolute atomic E-state index is 9.99. The number of benzene rings is 3. The van der Waals surface area contributed by atoms with E-state index >= 15 is 0 Å². The molecule has 0 atom stereocenters. The fourth-order valence-corrected chi connectivity index (χ4v) is 2.41. The Morgan fingerprint density at radius 3 is 1.77 bits per heavy atom. The molecule has 3 N–H and O–H groups in total. The molecule has 0 unspecified atom stereocenters. The van der Waals surface area contributed by atoms with Gasteiger partial charge in [-0.25, -0.2) is 0 Å². The zero-order valence-electron chi connectivity index (χ0n) is 14.2. The van der Waals surface area contributed by atoms with Gasteiger partial charge in [-0.15, -0.1) is 0 Å². The monoisotopic (exact) mass is 346 g/mol. The fourth-order valence-electron chi connectivity index (χ4n) is 2.41. The summed E-state index contributed by atoms with van der Waals surface area (Å²) in [6, 6.07) is 16.9. The Labute approximate surface area is 151 Å². The van der Waals surface area contributed by atoms with Crippen LogP contribution in [0.1, 0.15) is 16.7 Å². The summed E-state index contributed by atoms with van der Waals surface area (Å²) in [7, 11) is 0. The van der Waals surface area contributed by atoms with Crippen LogP contribution in [0.2, 0.25) is 0 Å². The normalized spacial score (nSPS) is 11.4. The van der Waals surface area contributed by atoms with Gasteiger partial charge in [0.15, 0.2) is 0 Å². The van der Waals surface area contributed by atoms with Crippen molar-refractivity contribution in [1.82, 2.24) is 0 Å². The molecule has 130 valence electrons. The predicted molar refractivity (Wildman–Crippen MR) is 104 cm³/mol. The number of aliphatic imine (C=N–C) groups is 2. The van der Waals surface area contributed by atoms with Gasteiger partial charge in [0.2, 0.25) is 0 Å². The molecular formula is C21H18N2O3. The van der Waals surface area contributed by atoms with Crippen LogP contribution < -0.4 is 0 Å². The molecule has 3 aromatic carbocycles. The molecule has 0 fully saturated rings. The third-order valence-corrected chi connectivity index (χ3v) is 3.93. The predicted octanol–water partition coefficient (Wildman–Crippen LogP) is 4.61. The first kappa shape index (κ1) is 17.2. The molecule has 0 heterocycles. The highest BCUT2D eigenvalue weighted by Gasteiger charge is 2.08. The third kappa shape index (κ3) is 3.72. The molecule has 0 aliphatic heterocycles. The summed E-state index contributed by atoms with van der Waals surface area (Å²) in [5.74, 6) is 0.357. The van der Waals surface area contributed by atoms with Crippen LogP contribution in [-0.2, 0) is 0 Å². The van der Waals surface area contributed by atoms with Gasteiger partial charge in [-0.2, -0.15) is 0 Å². The van der Waals surface area contributed by atoms with Gasteiger partial charge < -0.3 is 15.3 Å². The maximum Gasteiger partial charge on any atom is 0.124 e. The van der Waals surface area contributed by atoms with Crippen molar-refractivity contribution in [1.29, 1.82) is 0 Å². The number of phenolic OH excluding ortho intramolecular Hbond substituents is 3. The van der Waals surface area contributed by atoms with Crippen molar-refractivity contribution in [3.05, 3.63) is 77.4 Å². The van der Waals surface area contributed by atoms with Gasteiger partial charge in [0, 0.05) is 29.1 Å². The highest BCUT2D eigenvalue weighted by Crippen LogP contribution is 2.37. The first-order valence-corrected chi connectivity index (χ1v) is 8.03. The lowest BCUT2D eigenvalue weighted by atomic mass is 10.1. The molecule has 0 spiro atoms. The van der Waals surface area contributed by atoms with Gasteiger partial charge in [-0.05, 0) is 43.3 Å². The van der Waals surface area contributed by atoms with E-state index in [0.29, 0.717) is 28.1 Å². The lowest BCUT2D eigenvalue weighted by Gasteiger charge is -2.07. The van der Waals surface area contributed by atoms with Gasteiger partial charge in [0.25, 0.3) is 0 Å². The molecule has 0 bridgehead atoms. The van der Waals surface area contributed by atoms with Crippen molar-refractivity contribution in [3.63, 3.8) is 0 Å². The van der Waals surface area contributed by atoms with Crippen LogP contribution in [-0.4, -0.2) is 27.7 Å². The van der Waals surface area contributed by atoms with E-state index in [1.54, 1.807) is 73.8 Å². The maximum atomic E-state index is 9.99. The Morgan fingerprint density at radius 1 is 0.654 bits per heavy atom. The van der Waals surface area contributed by atoms with Gasteiger partial charge >= 0.3 is 0 Å². The number of para-hydroxylation sites is 2. The Balaban J connectivity index is 2.01. The number of phenols is 3. The van der Waals surface area contributed by atoms with Crippen molar-refractivity contribution in [2.24, 2.45) is 9.98 Å². The van der Waals surface area contributed by atoms with E-state index < -0.39 is 0 Å². The van der Waals surface area contributed by atoms with Crippen LogP contribution in [0.5, 0.6) is 17.2 Å². The minimum absolute atomic E-state index is 0.107. The second-order valence-corrected chi connectivity index (χ2v) is 5.71. The summed E-state index contributed by atoms with van der Waals surface area (Å²) < 4.78 is 0. The van der Waals surface area contributed by atoms with Gasteiger partial charge in [0.1, 0.15) is 17.2 Å². The van der Waals surface area contributed by atoms with E-state index in [1.807, 2.05) is 0 Å². The zero-order chi connectivity index (χ0) is 18.5. The Morgan fingerprint density at radius 2 is 1.19 bits per heavy atom. The smallest absolute Gasteiger partial charge is 0.124 e. The van der Waals surface area contributed by atoms with Crippen molar-refractivity contribution < 1.29 is 15.3 Å². The number of aromatic hydroxyl groups is 3. The molecule has 0 aliphatic carbocycles. The third-order valence-electron chi connectivity index (χ3n) is 3.93. The van der Waals surface area contributed by atoms with Crippen molar-refractivity contribution in [2.45, 2.75) is 6.92 Å². The first-order valence-electron chi connectivity index (χ1n) is 8.03. The highest BCUT2D eigenvalue weighted by atomic mass is 16.3. The Hall–Kier alpha value is -3.60. The molecule has 26 heavy (non-hydrogen) atoms. The van der Waals surface area contributed by atoms with E-state index in [2.05, 4.69) is 9.98 Å². The highest BCUT2D eigenvalue weighted by molar-refractivity contribution is 5.90. The molecule has 0 radical (unpaired) electrons. The summed E-state index contributed by atoms with van der Waals surface area (Å²) in [6.45, 7) is 1.74. The second kappa shape index (κ2) is 7.53. The topological polar surface area (TPSA) is 85.4 Å². The molecule has 0 saturated heterocycles. The minimum atomic E-state index is 0.107. The Kier molecular flexibility index (Phi) is 4.99. The standard InChI is InChI=1S/C21H18N2O3/c1-14-18(24)11-10-17(22-12-15-6-2-4-8-19(15)25)21(14)23-13-16-7-3-5-9-20(16)26/h2-13,24-26H,1H3. The average molecular weight is 346 g/mol. The average Bonchev–Trinajstić information content (AvgIpc) is 2.64. The van der Waals surface area contributed by atoms with Crippen molar-refractivity contribution in [3.8, 4) is 17.2 Å². The minimum Gasteiger partial charge on any atom is -0.508 e. The second-order valence-electron chi connectivity index (χ2n) is 5.71. The molecule has 3 aromatic rings. The van der Waals surface area contributed by atoms with Gasteiger partial charge in [-0.3, -0.25) is 9.98 Å². The van der Waals surface area contributed by atoms with E-state index in [-0.39, 0.29) is 17.2 Å². The molecule has 0 saturated carbocycles. The molecule has 5 nitrogen and oxygen atoms in total. The molecule has 3 rings (SSSR count). The lowest BCUT2D eigenvalue weighted by molar-refractivity contribution is 0.471. The van der Waals surface area contributed by atoms with Gasteiger partial charge in [-0.1, -0.05) is 24.3 Å².